The van der Waals surface area contributed by atoms with E-state index in [1.54, 1.807) is 6.07 Å². The summed E-state index contributed by atoms with van der Waals surface area (Å²) in [5.74, 6) is -0.931. The van der Waals surface area contributed by atoms with Gasteiger partial charge in [-0.05, 0) is 54.0 Å². The second kappa shape index (κ2) is 4.75. The Morgan fingerprint density at radius 1 is 1.25 bits per heavy atom. The van der Waals surface area contributed by atoms with Gasteiger partial charge in [0.2, 0.25) is 0 Å². The van der Waals surface area contributed by atoms with Crippen LogP contribution in [0.4, 0.5) is 4.39 Å². The summed E-state index contributed by atoms with van der Waals surface area (Å²) in [6.07, 6.45) is 1.94. The predicted molar refractivity (Wildman–Crippen MR) is 77.1 cm³/mol. The zero-order valence-electron chi connectivity index (χ0n) is 11.3. The van der Waals surface area contributed by atoms with E-state index in [0.717, 1.165) is 29.5 Å². The van der Waals surface area contributed by atoms with E-state index in [4.69, 9.17) is 5.73 Å². The molecular weight excluding hydrogens is 253 g/mol. The number of carbonyl (C=O) groups excluding carboxylic acids is 1. The maximum Gasteiger partial charge on any atom is 0.251 e. The van der Waals surface area contributed by atoms with Crippen LogP contribution in [0.15, 0.2) is 36.4 Å². The number of carbonyl (C=O) groups is 1. The molecule has 1 amide bonds. The number of hydrogen-bond acceptors (Lipinski definition) is 1. The van der Waals surface area contributed by atoms with Gasteiger partial charge in [-0.3, -0.25) is 4.79 Å². The molecule has 102 valence electrons. The summed E-state index contributed by atoms with van der Waals surface area (Å²) in [6, 6.07) is 11.3. The molecule has 1 fully saturated rings. The van der Waals surface area contributed by atoms with Gasteiger partial charge in [-0.1, -0.05) is 30.3 Å². The molecule has 1 aliphatic rings. The van der Waals surface area contributed by atoms with E-state index < -0.39 is 11.7 Å². The molecule has 20 heavy (non-hydrogen) atoms. The van der Waals surface area contributed by atoms with Crippen LogP contribution in [-0.4, -0.2) is 5.91 Å². The van der Waals surface area contributed by atoms with E-state index in [1.807, 2.05) is 37.3 Å². The van der Waals surface area contributed by atoms with Crippen LogP contribution in [0.1, 0.15) is 40.2 Å². The Morgan fingerprint density at radius 3 is 2.45 bits per heavy atom. The standard InChI is InChI=1S/C17H16FNO/c1-10-9-13(17(19)20)16(18)15(12-7-8-12)14(10)11-5-3-2-4-6-11/h2-6,9,12H,7-8H2,1H3,(H2,19,20). The second-order valence-electron chi connectivity index (χ2n) is 5.35. The summed E-state index contributed by atoms with van der Waals surface area (Å²) in [6.45, 7) is 1.90. The van der Waals surface area contributed by atoms with E-state index in [1.165, 1.54) is 0 Å². The Hall–Kier alpha value is -2.16. The van der Waals surface area contributed by atoms with Crippen molar-refractivity contribution in [2.45, 2.75) is 25.7 Å². The zero-order valence-corrected chi connectivity index (χ0v) is 11.3. The lowest BCUT2D eigenvalue weighted by Gasteiger charge is -2.16. The smallest absolute Gasteiger partial charge is 0.251 e. The molecule has 2 aromatic rings. The van der Waals surface area contributed by atoms with Crippen molar-refractivity contribution in [3.63, 3.8) is 0 Å². The second-order valence-corrected chi connectivity index (χ2v) is 5.35. The van der Waals surface area contributed by atoms with Crippen LogP contribution in [0.25, 0.3) is 11.1 Å². The van der Waals surface area contributed by atoms with Gasteiger partial charge < -0.3 is 5.73 Å². The minimum atomic E-state index is -0.702. The van der Waals surface area contributed by atoms with Gasteiger partial charge in [0, 0.05) is 0 Å². The highest BCUT2D eigenvalue weighted by Gasteiger charge is 2.32. The molecule has 0 heterocycles. The molecule has 1 aliphatic carbocycles. The van der Waals surface area contributed by atoms with Crippen molar-refractivity contribution in [2.75, 3.05) is 0 Å². The highest BCUT2D eigenvalue weighted by atomic mass is 19.1. The summed E-state index contributed by atoms with van der Waals surface area (Å²) >= 11 is 0. The molecule has 3 heteroatoms. The molecule has 3 rings (SSSR count). The first-order chi connectivity index (χ1) is 9.59. The molecular formula is C17H16FNO. The van der Waals surface area contributed by atoms with Crippen molar-refractivity contribution in [3.8, 4) is 11.1 Å². The van der Waals surface area contributed by atoms with E-state index in [-0.39, 0.29) is 11.5 Å². The molecule has 1 saturated carbocycles. The Bertz CT molecular complexity index is 675. The summed E-state index contributed by atoms with van der Waals surface area (Å²) in [5.41, 5.74) is 8.74. The molecule has 0 atom stereocenters. The Kier molecular flexibility index (Phi) is 3.05. The number of amides is 1. The maximum atomic E-state index is 14.6. The lowest BCUT2D eigenvalue weighted by molar-refractivity contribution is 0.0996. The van der Waals surface area contributed by atoms with Gasteiger partial charge in [-0.2, -0.15) is 0 Å². The Balaban J connectivity index is 2.29. The van der Waals surface area contributed by atoms with Crippen molar-refractivity contribution < 1.29 is 9.18 Å². The molecule has 0 aromatic heterocycles. The Labute approximate surface area is 117 Å². The van der Waals surface area contributed by atoms with Crippen LogP contribution < -0.4 is 5.73 Å². The van der Waals surface area contributed by atoms with Crippen LogP contribution in [0.3, 0.4) is 0 Å². The lowest BCUT2D eigenvalue weighted by Crippen LogP contribution is -2.15. The SMILES string of the molecule is Cc1cc(C(N)=O)c(F)c(C2CC2)c1-c1ccccc1. The summed E-state index contributed by atoms with van der Waals surface area (Å²) in [5, 5.41) is 0. The predicted octanol–water partition coefficient (Wildman–Crippen LogP) is 3.78. The molecule has 0 aliphatic heterocycles. The van der Waals surface area contributed by atoms with E-state index in [9.17, 15) is 9.18 Å². The van der Waals surface area contributed by atoms with Crippen molar-refractivity contribution in [3.05, 3.63) is 58.9 Å². The van der Waals surface area contributed by atoms with Crippen LogP contribution in [0, 0.1) is 12.7 Å². The number of benzene rings is 2. The fourth-order valence-corrected chi connectivity index (χ4v) is 2.74. The topological polar surface area (TPSA) is 43.1 Å². The summed E-state index contributed by atoms with van der Waals surface area (Å²) in [7, 11) is 0. The van der Waals surface area contributed by atoms with Gasteiger partial charge >= 0.3 is 0 Å². The van der Waals surface area contributed by atoms with E-state index in [0.29, 0.717) is 5.56 Å². The van der Waals surface area contributed by atoms with Crippen molar-refractivity contribution in [1.82, 2.24) is 0 Å². The van der Waals surface area contributed by atoms with Gasteiger partial charge in [-0.15, -0.1) is 0 Å². The van der Waals surface area contributed by atoms with Crippen molar-refractivity contribution in [2.24, 2.45) is 5.73 Å². The average Bonchev–Trinajstić information content (AvgIpc) is 3.25. The Morgan fingerprint density at radius 2 is 1.90 bits per heavy atom. The third kappa shape index (κ3) is 2.09. The molecule has 2 aromatic carbocycles. The average molecular weight is 269 g/mol. The van der Waals surface area contributed by atoms with Crippen molar-refractivity contribution >= 4 is 5.91 Å². The van der Waals surface area contributed by atoms with Crippen molar-refractivity contribution in [1.29, 1.82) is 0 Å². The van der Waals surface area contributed by atoms with Gasteiger partial charge in [0.1, 0.15) is 5.82 Å². The van der Waals surface area contributed by atoms with Gasteiger partial charge in [-0.25, -0.2) is 4.39 Å². The molecule has 0 radical (unpaired) electrons. The van der Waals surface area contributed by atoms with Gasteiger partial charge in [0.15, 0.2) is 0 Å². The lowest BCUT2D eigenvalue weighted by atomic mass is 9.89. The van der Waals surface area contributed by atoms with Crippen LogP contribution in [0.2, 0.25) is 0 Å². The molecule has 2 N–H and O–H groups in total. The first-order valence-electron chi connectivity index (χ1n) is 6.77. The fraction of sp³-hybridized carbons (Fsp3) is 0.235. The monoisotopic (exact) mass is 269 g/mol. The number of halogens is 1. The van der Waals surface area contributed by atoms with Crippen LogP contribution >= 0.6 is 0 Å². The third-order valence-corrected chi connectivity index (χ3v) is 3.81. The minimum Gasteiger partial charge on any atom is -0.366 e. The van der Waals surface area contributed by atoms with E-state index >= 15 is 0 Å². The third-order valence-electron chi connectivity index (χ3n) is 3.81. The summed E-state index contributed by atoms with van der Waals surface area (Å²) < 4.78 is 14.6. The van der Waals surface area contributed by atoms with Gasteiger partial charge in [0.25, 0.3) is 5.91 Å². The fourth-order valence-electron chi connectivity index (χ4n) is 2.74. The first kappa shape index (κ1) is 12.9. The van der Waals surface area contributed by atoms with Crippen LogP contribution in [-0.2, 0) is 0 Å². The highest BCUT2D eigenvalue weighted by molar-refractivity contribution is 5.95. The first-order valence-corrected chi connectivity index (χ1v) is 6.77. The van der Waals surface area contributed by atoms with Gasteiger partial charge in [0.05, 0.1) is 5.56 Å². The number of primary amides is 1. The quantitative estimate of drug-likeness (QED) is 0.905. The minimum absolute atomic E-state index is 0.00378. The largest absolute Gasteiger partial charge is 0.366 e. The molecule has 2 nitrogen and oxygen atoms in total. The molecule has 0 spiro atoms. The number of rotatable bonds is 3. The highest BCUT2D eigenvalue weighted by Crippen LogP contribution is 2.47. The molecule has 0 unspecified atom stereocenters. The number of hydrogen-bond donors (Lipinski definition) is 1. The molecule has 0 saturated heterocycles. The maximum absolute atomic E-state index is 14.6. The molecule has 0 bridgehead atoms. The number of nitrogens with two attached hydrogens (primary N) is 1. The van der Waals surface area contributed by atoms with Crippen LogP contribution in [0.5, 0.6) is 0 Å². The summed E-state index contributed by atoms with van der Waals surface area (Å²) in [4.78, 5) is 11.4. The zero-order chi connectivity index (χ0) is 14.3. The van der Waals surface area contributed by atoms with E-state index in [2.05, 4.69) is 0 Å². The number of aryl methyl sites for hydroxylation is 1. The normalized spacial score (nSPS) is 14.3.